The zero-order chi connectivity index (χ0) is 14.8. The minimum atomic E-state index is -4.49. The Morgan fingerprint density at radius 3 is 2.56 bits per heavy atom. The van der Waals surface area contributed by atoms with Crippen molar-refractivity contribution in [1.82, 2.24) is 5.31 Å². The Hall–Kier alpha value is -1.40. The monoisotopic (exact) mass is 246 g/mol. The zero-order valence-corrected chi connectivity index (χ0v) is 9.36. The fourth-order valence-electron chi connectivity index (χ4n) is 0.955. The molecule has 16 heavy (non-hydrogen) atoms. The second kappa shape index (κ2) is 5.09. The Kier molecular flexibility index (Phi) is 2.77. The molecule has 0 saturated carbocycles. The van der Waals surface area contributed by atoms with E-state index in [4.69, 9.17) is 9.26 Å². The molecule has 0 fully saturated rings. The zero-order valence-electron chi connectivity index (χ0n) is 11.5. The number of carboxylic acids is 1. The lowest BCUT2D eigenvalue weighted by molar-refractivity contribution is -0.135. The van der Waals surface area contributed by atoms with Crippen LogP contribution in [0.3, 0.4) is 0 Å². The predicted octanol–water partition coefficient (Wildman–Crippen LogP) is 0.400. The topological polar surface area (TPSA) is 83.5 Å². The van der Waals surface area contributed by atoms with Gasteiger partial charge < -0.3 is 5.11 Å². The number of hydrogen-bond acceptors (Lipinski definition) is 4. The molecule has 0 aromatic heterocycles. The van der Waals surface area contributed by atoms with Gasteiger partial charge in [-0.3, -0.25) is 10.1 Å². The third kappa shape index (κ3) is 3.63. The Morgan fingerprint density at radius 1 is 1.50 bits per heavy atom. The number of rotatable bonds is 5. The van der Waals surface area contributed by atoms with E-state index >= 15 is 0 Å². The van der Waals surface area contributed by atoms with E-state index in [0.29, 0.717) is 0 Å². The number of sulfone groups is 1. The van der Waals surface area contributed by atoms with Gasteiger partial charge in [-0.2, -0.15) is 0 Å². The first kappa shape index (κ1) is 8.72. The Labute approximate surface area is 98.3 Å². The second-order valence-electron chi connectivity index (χ2n) is 3.12. The van der Waals surface area contributed by atoms with Crippen molar-refractivity contribution >= 4 is 15.8 Å². The first-order valence-corrected chi connectivity index (χ1v) is 5.87. The van der Waals surface area contributed by atoms with Gasteiger partial charge in [-0.05, 0) is 19.1 Å². The smallest absolute Gasteiger partial charge is 0.317 e. The van der Waals surface area contributed by atoms with Crippen molar-refractivity contribution in [2.75, 3.05) is 12.4 Å². The molecule has 5 nitrogen and oxygen atoms in total. The van der Waals surface area contributed by atoms with Gasteiger partial charge >= 0.3 is 5.97 Å². The van der Waals surface area contributed by atoms with Crippen LogP contribution in [0, 0.1) is 6.92 Å². The molecule has 0 bridgehead atoms. The molecule has 6 heteroatoms. The third-order valence-corrected chi connectivity index (χ3v) is 2.99. The van der Waals surface area contributed by atoms with Crippen LogP contribution in [0.1, 0.15) is 8.30 Å². The van der Waals surface area contributed by atoms with Gasteiger partial charge in [0, 0.05) is 0 Å². The summed E-state index contributed by atoms with van der Waals surface area (Å²) >= 11 is 0. The van der Waals surface area contributed by atoms with Crippen molar-refractivity contribution in [1.29, 1.82) is 0 Å². The fraction of sp³-hybridized carbons (Fsp3) is 0.300. The summed E-state index contributed by atoms with van der Waals surface area (Å²) in [5, 5.41) is 8.39. The first-order valence-electron chi connectivity index (χ1n) is 5.83. The number of carboxylic acid groups (broad SMARTS) is 1. The predicted molar refractivity (Wildman–Crippen MR) is 58.9 cm³/mol. The van der Waals surface area contributed by atoms with Gasteiger partial charge in [0.15, 0.2) is 9.84 Å². The van der Waals surface area contributed by atoms with E-state index in [1.54, 1.807) is 6.92 Å². The van der Waals surface area contributed by atoms with E-state index in [2.05, 4.69) is 0 Å². The molecule has 0 aliphatic carbocycles. The highest BCUT2D eigenvalue weighted by atomic mass is 32.2. The first-order chi connectivity index (χ1) is 8.59. The van der Waals surface area contributed by atoms with Crippen LogP contribution in [0.2, 0.25) is 1.41 Å². The van der Waals surface area contributed by atoms with Gasteiger partial charge in [0.1, 0.15) is 7.24 Å². The molecule has 1 rings (SSSR count). The summed E-state index contributed by atoms with van der Waals surface area (Å²) in [4.78, 5) is 10.1. The molecule has 0 radical (unpaired) electrons. The quantitative estimate of drug-likeness (QED) is 0.785. The lowest BCUT2D eigenvalue weighted by atomic mass is 10.2. The molecule has 0 saturated heterocycles. The van der Waals surface area contributed by atoms with Crippen LogP contribution in [0.5, 0.6) is 0 Å². The van der Waals surface area contributed by atoms with Crippen molar-refractivity contribution in [3.05, 3.63) is 29.8 Å². The Morgan fingerprint density at radius 2 is 2.06 bits per heavy atom. The lowest BCUT2D eigenvalue weighted by Gasteiger charge is -2.04. The molecule has 2 N–H and O–H groups in total. The second-order valence-corrected chi connectivity index (χ2v) is 4.78. The number of nitrogens with one attached hydrogen (secondary N) is 1. The maximum absolute atomic E-state index is 12.1. The van der Waals surface area contributed by atoms with Crippen LogP contribution >= 0.6 is 0 Å². The van der Waals surface area contributed by atoms with Gasteiger partial charge in [-0.15, -0.1) is 0 Å². The number of carbonyl (C=O) groups is 1. The van der Waals surface area contributed by atoms with E-state index in [9.17, 15) is 13.2 Å². The van der Waals surface area contributed by atoms with Crippen LogP contribution in [0.4, 0.5) is 0 Å². The van der Waals surface area contributed by atoms with Crippen molar-refractivity contribution in [3.8, 4) is 0 Å². The number of hydrogen-bond donors (Lipinski definition) is 2. The highest BCUT2D eigenvalue weighted by Crippen LogP contribution is 2.10. The molecule has 0 atom stereocenters. The molecule has 0 unspecified atom stereocenters. The van der Waals surface area contributed by atoms with Crippen LogP contribution in [0.15, 0.2) is 29.2 Å². The summed E-state index contributed by atoms with van der Waals surface area (Å²) in [5.41, 5.74) is 0.799. The summed E-state index contributed by atoms with van der Waals surface area (Å²) in [6, 6.07) is 5.43. The summed E-state index contributed by atoms with van der Waals surface area (Å²) in [5.74, 6) is -4.61. The van der Waals surface area contributed by atoms with Crippen molar-refractivity contribution in [2.45, 2.75) is 11.8 Å². The SMILES string of the molecule is [2H]N(CC(=O)O)C([2H])([2H])S(=O)(=O)c1ccc(C)cc1. The largest absolute Gasteiger partial charge is 0.480 e. The number of aliphatic carboxylic acids is 1. The van der Waals surface area contributed by atoms with Crippen LogP contribution in [-0.4, -0.2) is 31.9 Å². The van der Waals surface area contributed by atoms with Crippen LogP contribution in [0.25, 0.3) is 0 Å². The minimum Gasteiger partial charge on any atom is -0.480 e. The standard InChI is InChI=1S/C10H13NO4S/c1-8-2-4-9(5-3-8)16(14,15)7-11-6-10(12)13/h2-5,11H,6-7H2,1H3,(H,12,13)/i7D2/hD. The van der Waals surface area contributed by atoms with E-state index in [-0.39, 0.29) is 10.2 Å². The molecule has 0 amide bonds. The summed E-state index contributed by atoms with van der Waals surface area (Å²) < 4.78 is 46.3. The molecule has 1 aromatic rings. The number of aryl methyl sites for hydroxylation is 1. The van der Waals surface area contributed by atoms with E-state index in [0.717, 1.165) is 5.56 Å². The average Bonchev–Trinajstić information content (AvgIpc) is 2.28. The van der Waals surface area contributed by atoms with E-state index in [1.165, 1.54) is 24.3 Å². The average molecular weight is 246 g/mol. The summed E-state index contributed by atoms with van der Waals surface area (Å²) in [6.07, 6.45) is 0. The van der Waals surface area contributed by atoms with Crippen molar-refractivity contribution in [2.24, 2.45) is 0 Å². The molecule has 0 heterocycles. The molecule has 0 aliphatic heterocycles. The lowest BCUT2D eigenvalue weighted by Crippen LogP contribution is -2.28. The molecule has 1 aromatic carbocycles. The van der Waals surface area contributed by atoms with Gasteiger partial charge in [-0.25, -0.2) is 8.42 Å². The molecule has 0 aliphatic rings. The van der Waals surface area contributed by atoms with Gasteiger partial charge in [0.05, 0.1) is 14.2 Å². The molecular formula is C10H13NO4S. The minimum absolute atomic E-state index is 0.107. The highest BCUT2D eigenvalue weighted by Gasteiger charge is 2.13. The number of benzene rings is 1. The van der Waals surface area contributed by atoms with E-state index < -0.39 is 28.2 Å². The summed E-state index contributed by atoms with van der Waals surface area (Å²) in [6.45, 7) is 0.699. The molecule has 0 spiro atoms. The van der Waals surface area contributed by atoms with Crippen LogP contribution < -0.4 is 5.31 Å². The maximum atomic E-state index is 12.1. The van der Waals surface area contributed by atoms with Gasteiger partial charge in [-0.1, -0.05) is 17.7 Å². The third-order valence-electron chi connectivity index (χ3n) is 1.73. The van der Waals surface area contributed by atoms with Crippen molar-refractivity contribution < 1.29 is 22.5 Å². The summed E-state index contributed by atoms with van der Waals surface area (Å²) in [7, 11) is -4.49. The van der Waals surface area contributed by atoms with Gasteiger partial charge in [0.2, 0.25) is 0 Å². The van der Waals surface area contributed by atoms with Crippen molar-refractivity contribution in [3.63, 3.8) is 0 Å². The highest BCUT2D eigenvalue weighted by molar-refractivity contribution is 7.91. The Balaban J connectivity index is 3.17. The van der Waals surface area contributed by atoms with E-state index in [1.807, 2.05) is 0 Å². The fourth-order valence-corrected chi connectivity index (χ4v) is 1.79. The molecule has 88 valence electrons. The molecular weight excluding hydrogens is 230 g/mol. The normalized spacial score (nSPS) is 15.2. The van der Waals surface area contributed by atoms with Gasteiger partial charge in [0.25, 0.3) is 0 Å². The van der Waals surface area contributed by atoms with Crippen LogP contribution in [-0.2, 0) is 14.6 Å². The Bertz CT molecular complexity index is 571. The maximum Gasteiger partial charge on any atom is 0.317 e.